The molecule has 0 spiro atoms. The van der Waals surface area contributed by atoms with Gasteiger partial charge in [0.05, 0.1) is 28.9 Å². The van der Waals surface area contributed by atoms with Crippen LogP contribution in [0.3, 0.4) is 0 Å². The normalized spacial score (nSPS) is 19.4. The van der Waals surface area contributed by atoms with Gasteiger partial charge in [-0.05, 0) is 66.9 Å². The highest BCUT2D eigenvalue weighted by molar-refractivity contribution is 5.91. The lowest BCUT2D eigenvalue weighted by Gasteiger charge is -2.44. The maximum absolute atomic E-state index is 13.7. The molecule has 5 aromatic carbocycles. The van der Waals surface area contributed by atoms with Gasteiger partial charge in [0.25, 0.3) is 0 Å². The molecule has 0 amide bonds. The van der Waals surface area contributed by atoms with Crippen LogP contribution in [0.15, 0.2) is 152 Å². The second-order valence-corrected chi connectivity index (χ2v) is 12.2. The van der Waals surface area contributed by atoms with Gasteiger partial charge >= 0.3 is 23.9 Å². The minimum absolute atomic E-state index is 0.156. The molecule has 53 heavy (non-hydrogen) atoms. The van der Waals surface area contributed by atoms with E-state index in [0.29, 0.717) is 12.8 Å². The fourth-order valence-electron chi connectivity index (χ4n) is 5.78. The van der Waals surface area contributed by atoms with E-state index >= 15 is 0 Å². The highest BCUT2D eigenvalue weighted by Gasteiger charge is 2.53. The van der Waals surface area contributed by atoms with Gasteiger partial charge in [-0.15, -0.1) is 0 Å². The van der Waals surface area contributed by atoms with E-state index in [1.165, 1.54) is 0 Å². The smallest absolute Gasteiger partial charge is 0.338 e. The first-order chi connectivity index (χ1) is 26.0. The molecular weight excluding hydrogens is 676 g/mol. The zero-order chi connectivity index (χ0) is 36.8. The lowest BCUT2D eigenvalue weighted by atomic mass is 9.97. The number of esters is 4. The van der Waals surface area contributed by atoms with E-state index in [2.05, 4.69) is 0 Å². The molecular formula is C43H38O10. The molecule has 0 bridgehead atoms. The Morgan fingerprint density at radius 3 is 1.34 bits per heavy atom. The fraction of sp³-hybridized carbons (Fsp3) is 0.209. The van der Waals surface area contributed by atoms with E-state index in [-0.39, 0.29) is 28.9 Å². The van der Waals surface area contributed by atoms with E-state index in [9.17, 15) is 19.2 Å². The Morgan fingerprint density at radius 2 is 0.868 bits per heavy atom. The lowest BCUT2D eigenvalue weighted by Crippen LogP contribution is -2.63. The summed E-state index contributed by atoms with van der Waals surface area (Å²) < 4.78 is 36.5. The number of ether oxygens (including phenoxy) is 6. The summed E-state index contributed by atoms with van der Waals surface area (Å²) >= 11 is 0. The standard InChI is InChI=1S/C43H38O10/c44-39(31-20-8-2-9-21-31)49-29-35-36(51-40(45)32-22-10-3-11-23-32)37(52-41(46)33-24-12-4-13-25-33)38(53-42(47)34-26-14-5-15-27-34)43(50-35)48-28-16-19-30-17-6-1-7-18-30/h1-15,17-18,20-27,35-38,43H,16,19,28-29H2/t35-,36-,37+,38+,43+/m1/s1. The van der Waals surface area contributed by atoms with Gasteiger partial charge in [0.2, 0.25) is 0 Å². The third-order valence-electron chi connectivity index (χ3n) is 8.47. The maximum Gasteiger partial charge on any atom is 0.338 e. The van der Waals surface area contributed by atoms with Crippen molar-refractivity contribution < 1.29 is 47.6 Å². The van der Waals surface area contributed by atoms with Crippen molar-refractivity contribution in [3.05, 3.63) is 179 Å². The molecule has 270 valence electrons. The van der Waals surface area contributed by atoms with E-state index < -0.39 is 61.2 Å². The van der Waals surface area contributed by atoms with Crippen LogP contribution < -0.4 is 0 Å². The van der Waals surface area contributed by atoms with Crippen LogP contribution in [0.4, 0.5) is 0 Å². The maximum atomic E-state index is 13.7. The Morgan fingerprint density at radius 1 is 0.472 bits per heavy atom. The van der Waals surface area contributed by atoms with Crippen LogP contribution in [0.5, 0.6) is 0 Å². The number of rotatable bonds is 14. The quantitative estimate of drug-likeness (QED) is 0.0682. The predicted octanol–water partition coefficient (Wildman–Crippen LogP) is 6.89. The lowest BCUT2D eigenvalue weighted by molar-refractivity contribution is -0.298. The highest BCUT2D eigenvalue weighted by Crippen LogP contribution is 2.32. The zero-order valence-electron chi connectivity index (χ0n) is 28.7. The topological polar surface area (TPSA) is 124 Å². The average Bonchev–Trinajstić information content (AvgIpc) is 3.22. The second-order valence-electron chi connectivity index (χ2n) is 12.2. The van der Waals surface area contributed by atoms with Gasteiger partial charge in [-0.1, -0.05) is 103 Å². The third kappa shape index (κ3) is 10.0. The van der Waals surface area contributed by atoms with Crippen LogP contribution in [0, 0.1) is 0 Å². The summed E-state index contributed by atoms with van der Waals surface area (Å²) in [6, 6.07) is 42.9. The predicted molar refractivity (Wildman–Crippen MR) is 193 cm³/mol. The van der Waals surface area contributed by atoms with Crippen molar-refractivity contribution in [3.63, 3.8) is 0 Å². The number of carbonyl (C=O) groups excluding carboxylic acids is 4. The van der Waals surface area contributed by atoms with Crippen LogP contribution >= 0.6 is 0 Å². The van der Waals surface area contributed by atoms with E-state index in [0.717, 1.165) is 5.56 Å². The summed E-state index contributed by atoms with van der Waals surface area (Å²) in [5, 5.41) is 0. The molecule has 1 aliphatic rings. The molecule has 0 unspecified atom stereocenters. The number of benzene rings is 5. The minimum atomic E-state index is -1.48. The van der Waals surface area contributed by atoms with Crippen molar-refractivity contribution in [3.8, 4) is 0 Å². The largest absolute Gasteiger partial charge is 0.459 e. The summed E-state index contributed by atoms with van der Waals surface area (Å²) in [6.45, 7) is -0.271. The van der Waals surface area contributed by atoms with E-state index in [4.69, 9.17) is 28.4 Å². The SMILES string of the molecule is O=C(OC[C@H]1O[C@H](OCCCc2ccccc2)[C@@H](OC(=O)c2ccccc2)[C@@H](OC(=O)c2ccccc2)[C@@H]1OC(=O)c1ccccc1)c1ccccc1. The van der Waals surface area contributed by atoms with Crippen LogP contribution in [0.25, 0.3) is 0 Å². The van der Waals surface area contributed by atoms with Crippen LogP contribution in [-0.4, -0.2) is 67.8 Å². The van der Waals surface area contributed by atoms with Crippen molar-refractivity contribution in [1.29, 1.82) is 0 Å². The molecule has 6 rings (SSSR count). The molecule has 0 saturated carbocycles. The van der Waals surface area contributed by atoms with Gasteiger partial charge in [0, 0.05) is 0 Å². The molecule has 1 fully saturated rings. The van der Waals surface area contributed by atoms with Crippen molar-refractivity contribution in [1.82, 2.24) is 0 Å². The monoisotopic (exact) mass is 714 g/mol. The molecule has 0 radical (unpaired) electrons. The number of carbonyl (C=O) groups is 4. The van der Waals surface area contributed by atoms with Crippen molar-refractivity contribution in [2.24, 2.45) is 0 Å². The number of hydrogen-bond acceptors (Lipinski definition) is 10. The summed E-state index contributed by atoms with van der Waals surface area (Å²) in [5.41, 5.74) is 2.02. The highest BCUT2D eigenvalue weighted by atomic mass is 16.7. The molecule has 1 aliphatic heterocycles. The molecule has 0 N–H and O–H groups in total. The molecule has 5 aromatic rings. The Hall–Kier alpha value is -6.10. The Labute approximate surface area is 307 Å². The van der Waals surface area contributed by atoms with E-state index in [1.54, 1.807) is 121 Å². The summed E-state index contributed by atoms with van der Waals surface area (Å²) in [6.07, 6.45) is -5.65. The zero-order valence-corrected chi connectivity index (χ0v) is 28.7. The molecule has 10 heteroatoms. The number of hydrogen-bond donors (Lipinski definition) is 0. The Bertz CT molecular complexity index is 1920. The second kappa shape index (κ2) is 18.4. The summed E-state index contributed by atoms with van der Waals surface area (Å²) in [5.74, 6) is -2.95. The molecule has 0 aliphatic carbocycles. The first-order valence-corrected chi connectivity index (χ1v) is 17.3. The van der Waals surface area contributed by atoms with Gasteiger partial charge in [-0.25, -0.2) is 19.2 Å². The minimum Gasteiger partial charge on any atom is -0.459 e. The van der Waals surface area contributed by atoms with Crippen molar-refractivity contribution >= 4 is 23.9 Å². The molecule has 10 nitrogen and oxygen atoms in total. The van der Waals surface area contributed by atoms with E-state index in [1.807, 2.05) is 30.3 Å². The number of aryl methyl sites for hydroxylation is 1. The summed E-state index contributed by atoms with van der Waals surface area (Å²) in [7, 11) is 0. The molecule has 1 heterocycles. The van der Waals surface area contributed by atoms with Crippen molar-refractivity contribution in [2.75, 3.05) is 13.2 Å². The van der Waals surface area contributed by atoms with Gasteiger partial charge < -0.3 is 28.4 Å². The van der Waals surface area contributed by atoms with Gasteiger partial charge in [0.1, 0.15) is 12.7 Å². The van der Waals surface area contributed by atoms with Gasteiger partial charge in [0.15, 0.2) is 24.6 Å². The molecule has 0 aromatic heterocycles. The first kappa shape index (κ1) is 36.7. The third-order valence-corrected chi connectivity index (χ3v) is 8.47. The first-order valence-electron chi connectivity index (χ1n) is 17.3. The van der Waals surface area contributed by atoms with Gasteiger partial charge in [-0.2, -0.15) is 0 Å². The molecule has 1 saturated heterocycles. The summed E-state index contributed by atoms with van der Waals surface area (Å²) in [4.78, 5) is 54.1. The Kier molecular flexibility index (Phi) is 12.7. The fourth-order valence-corrected chi connectivity index (χ4v) is 5.78. The van der Waals surface area contributed by atoms with Gasteiger partial charge in [-0.3, -0.25) is 0 Å². The average molecular weight is 715 g/mol. The Balaban J connectivity index is 1.35. The van der Waals surface area contributed by atoms with Crippen molar-refractivity contribution in [2.45, 2.75) is 43.5 Å². The molecule has 5 atom stereocenters. The van der Waals surface area contributed by atoms with Crippen LogP contribution in [-0.2, 0) is 34.8 Å². The van der Waals surface area contributed by atoms with Crippen LogP contribution in [0.1, 0.15) is 53.4 Å². The van der Waals surface area contributed by atoms with Crippen LogP contribution in [0.2, 0.25) is 0 Å².